The average molecular weight is 378 g/mol. The van der Waals surface area contributed by atoms with Crippen LogP contribution in [-0.2, 0) is 0 Å². The van der Waals surface area contributed by atoms with Crippen LogP contribution in [0.5, 0.6) is 0 Å². The Kier molecular flexibility index (Phi) is 5.33. The Balaban J connectivity index is 2.24. The minimum Gasteiger partial charge on any atom is -0.387 e. The Bertz CT molecular complexity index is 732. The third kappa shape index (κ3) is 4.07. The zero-order valence-electron chi connectivity index (χ0n) is 12.7. The molecule has 2 aromatic rings. The van der Waals surface area contributed by atoms with E-state index in [1.54, 1.807) is 7.05 Å². The van der Waals surface area contributed by atoms with Crippen LogP contribution in [0, 0.1) is 10.1 Å². The lowest BCUT2D eigenvalue weighted by atomic mass is 10.1. The van der Waals surface area contributed by atoms with Crippen LogP contribution < -0.4 is 10.6 Å². The zero-order chi connectivity index (χ0) is 17.0. The Morgan fingerprint density at radius 3 is 2.43 bits per heavy atom. The number of anilines is 1. The number of carbonyl (C=O) groups excluding carboxylic acids is 1. The van der Waals surface area contributed by atoms with Gasteiger partial charge in [0.05, 0.1) is 16.5 Å². The number of non-ortho nitro benzene ring substituents is 1. The Hall–Kier alpha value is -2.41. The highest BCUT2D eigenvalue weighted by Crippen LogP contribution is 2.23. The largest absolute Gasteiger partial charge is 0.387 e. The van der Waals surface area contributed by atoms with Crippen LogP contribution >= 0.6 is 15.9 Å². The van der Waals surface area contributed by atoms with Gasteiger partial charge in [-0.15, -0.1) is 0 Å². The van der Waals surface area contributed by atoms with Crippen molar-refractivity contribution in [3.8, 4) is 0 Å². The van der Waals surface area contributed by atoms with Crippen LogP contribution in [0.15, 0.2) is 46.9 Å². The third-order valence-electron chi connectivity index (χ3n) is 3.45. The summed E-state index contributed by atoms with van der Waals surface area (Å²) in [6.07, 6.45) is 0. The maximum Gasteiger partial charge on any atom is 0.270 e. The predicted molar refractivity (Wildman–Crippen MR) is 92.7 cm³/mol. The van der Waals surface area contributed by atoms with E-state index in [1.165, 1.54) is 18.2 Å². The van der Waals surface area contributed by atoms with Crippen molar-refractivity contribution in [3.05, 3.63) is 68.2 Å². The molecule has 0 fully saturated rings. The molecule has 0 spiro atoms. The molecule has 0 aliphatic rings. The number of rotatable bonds is 5. The van der Waals surface area contributed by atoms with Gasteiger partial charge in [0.1, 0.15) is 0 Å². The molecule has 2 rings (SSSR count). The van der Waals surface area contributed by atoms with Gasteiger partial charge < -0.3 is 10.6 Å². The number of hydrogen-bond donors (Lipinski definition) is 2. The van der Waals surface area contributed by atoms with Crippen LogP contribution in [0.3, 0.4) is 0 Å². The number of nitro benzene ring substituents is 1. The first kappa shape index (κ1) is 17.0. The highest BCUT2D eigenvalue weighted by molar-refractivity contribution is 9.10. The Labute approximate surface area is 142 Å². The lowest BCUT2D eigenvalue weighted by Crippen LogP contribution is -2.27. The third-order valence-corrected chi connectivity index (χ3v) is 3.97. The van der Waals surface area contributed by atoms with Gasteiger partial charge in [-0.3, -0.25) is 14.9 Å². The molecule has 2 N–H and O–H groups in total. The van der Waals surface area contributed by atoms with Crippen molar-refractivity contribution < 1.29 is 9.72 Å². The van der Waals surface area contributed by atoms with Gasteiger partial charge in [-0.1, -0.05) is 28.1 Å². The number of nitrogens with one attached hydrogen (secondary N) is 2. The molecule has 0 aliphatic heterocycles. The fourth-order valence-electron chi connectivity index (χ4n) is 2.16. The predicted octanol–water partition coefficient (Wildman–Crippen LogP) is 3.89. The van der Waals surface area contributed by atoms with Crippen LogP contribution in [0.1, 0.15) is 28.9 Å². The molecule has 0 saturated carbocycles. The maximum absolute atomic E-state index is 12.5. The molecule has 0 aromatic heterocycles. The second-order valence-electron chi connectivity index (χ2n) is 4.98. The van der Waals surface area contributed by atoms with Gasteiger partial charge in [0.2, 0.25) is 0 Å². The molecule has 1 atom stereocenters. The second kappa shape index (κ2) is 7.23. The summed E-state index contributed by atoms with van der Waals surface area (Å²) in [4.78, 5) is 22.8. The summed E-state index contributed by atoms with van der Waals surface area (Å²) in [7, 11) is 1.66. The molecule has 23 heavy (non-hydrogen) atoms. The monoisotopic (exact) mass is 377 g/mol. The summed E-state index contributed by atoms with van der Waals surface area (Å²) >= 11 is 3.36. The van der Waals surface area contributed by atoms with Gasteiger partial charge in [-0.25, -0.2) is 0 Å². The molecule has 6 nitrogen and oxygen atoms in total. The Morgan fingerprint density at radius 2 is 1.87 bits per heavy atom. The van der Waals surface area contributed by atoms with E-state index in [0.717, 1.165) is 10.0 Å². The summed E-state index contributed by atoms with van der Waals surface area (Å²) in [5.41, 5.74) is 1.60. The van der Waals surface area contributed by atoms with Crippen LogP contribution in [0.2, 0.25) is 0 Å². The lowest BCUT2D eigenvalue weighted by molar-refractivity contribution is -0.384. The molecule has 0 saturated heterocycles. The molecular formula is C16H16BrN3O3. The molecule has 0 radical (unpaired) electrons. The summed E-state index contributed by atoms with van der Waals surface area (Å²) in [5.74, 6) is -0.367. The fraction of sp³-hybridized carbons (Fsp3) is 0.188. The molecule has 7 heteroatoms. The molecule has 120 valence electrons. The van der Waals surface area contributed by atoms with E-state index in [0.29, 0.717) is 5.69 Å². The van der Waals surface area contributed by atoms with Crippen molar-refractivity contribution in [2.45, 2.75) is 13.0 Å². The molecule has 0 aliphatic carbocycles. The molecule has 1 unspecified atom stereocenters. The summed E-state index contributed by atoms with van der Waals surface area (Å²) in [5, 5.41) is 16.6. The van der Waals surface area contributed by atoms with Gasteiger partial charge in [0.15, 0.2) is 0 Å². The van der Waals surface area contributed by atoms with E-state index in [1.807, 2.05) is 31.2 Å². The van der Waals surface area contributed by atoms with Crippen LogP contribution in [0.4, 0.5) is 11.4 Å². The van der Waals surface area contributed by atoms with E-state index in [2.05, 4.69) is 26.6 Å². The van der Waals surface area contributed by atoms with Crippen molar-refractivity contribution in [1.82, 2.24) is 5.32 Å². The highest BCUT2D eigenvalue weighted by Gasteiger charge is 2.18. The number of hydrogen-bond acceptors (Lipinski definition) is 4. The summed E-state index contributed by atoms with van der Waals surface area (Å²) in [6, 6.07) is 11.5. The summed E-state index contributed by atoms with van der Waals surface area (Å²) in [6.45, 7) is 1.86. The zero-order valence-corrected chi connectivity index (χ0v) is 14.3. The van der Waals surface area contributed by atoms with E-state index in [-0.39, 0.29) is 23.2 Å². The number of benzene rings is 2. The van der Waals surface area contributed by atoms with E-state index in [4.69, 9.17) is 0 Å². The van der Waals surface area contributed by atoms with Gasteiger partial charge in [0, 0.05) is 29.3 Å². The number of carbonyl (C=O) groups is 1. The topological polar surface area (TPSA) is 84.3 Å². The summed E-state index contributed by atoms with van der Waals surface area (Å²) < 4.78 is 0.955. The van der Waals surface area contributed by atoms with E-state index >= 15 is 0 Å². The minimum absolute atomic E-state index is 0.120. The lowest BCUT2D eigenvalue weighted by Gasteiger charge is -2.16. The van der Waals surface area contributed by atoms with Gasteiger partial charge in [-0.2, -0.15) is 0 Å². The normalized spacial score (nSPS) is 11.6. The first-order chi connectivity index (χ1) is 10.9. The number of nitrogens with zero attached hydrogens (tertiary/aromatic N) is 1. The average Bonchev–Trinajstić information content (AvgIpc) is 2.54. The molecule has 0 heterocycles. The first-order valence-corrected chi connectivity index (χ1v) is 7.74. The molecular weight excluding hydrogens is 362 g/mol. The first-order valence-electron chi connectivity index (χ1n) is 6.95. The van der Waals surface area contributed by atoms with Crippen molar-refractivity contribution in [2.75, 3.05) is 12.4 Å². The number of halogens is 1. The van der Waals surface area contributed by atoms with Crippen LogP contribution in [-0.4, -0.2) is 17.9 Å². The number of amides is 1. The fourth-order valence-corrected chi connectivity index (χ4v) is 2.43. The van der Waals surface area contributed by atoms with Crippen molar-refractivity contribution in [2.24, 2.45) is 0 Å². The van der Waals surface area contributed by atoms with Gasteiger partial charge >= 0.3 is 0 Å². The van der Waals surface area contributed by atoms with Crippen molar-refractivity contribution in [3.63, 3.8) is 0 Å². The maximum atomic E-state index is 12.5. The highest BCUT2D eigenvalue weighted by atomic mass is 79.9. The van der Waals surface area contributed by atoms with E-state index < -0.39 is 4.92 Å². The Morgan fingerprint density at radius 1 is 1.22 bits per heavy atom. The minimum atomic E-state index is -0.519. The van der Waals surface area contributed by atoms with E-state index in [9.17, 15) is 14.9 Å². The van der Waals surface area contributed by atoms with Crippen molar-refractivity contribution >= 4 is 33.2 Å². The van der Waals surface area contributed by atoms with Crippen molar-refractivity contribution in [1.29, 1.82) is 0 Å². The standard InChI is InChI=1S/C16H16BrN3O3/c1-10(11-3-5-12(17)6-4-11)19-16(21)14-9-13(20(22)23)7-8-15(14)18-2/h3-10,18H,1-2H3,(H,19,21). The molecule has 0 bridgehead atoms. The van der Waals surface area contributed by atoms with Gasteiger partial charge in [0.25, 0.3) is 11.6 Å². The smallest absolute Gasteiger partial charge is 0.270 e. The SMILES string of the molecule is CNc1ccc([N+](=O)[O-])cc1C(=O)NC(C)c1ccc(Br)cc1. The van der Waals surface area contributed by atoms with Crippen LogP contribution in [0.25, 0.3) is 0 Å². The molecule has 2 aromatic carbocycles. The van der Waals surface area contributed by atoms with Gasteiger partial charge in [-0.05, 0) is 30.7 Å². The molecule has 1 amide bonds. The second-order valence-corrected chi connectivity index (χ2v) is 5.90. The quantitative estimate of drug-likeness (QED) is 0.611. The number of nitro groups is 1.